The first-order chi connectivity index (χ1) is 14.6. The van der Waals surface area contributed by atoms with Crippen molar-refractivity contribution in [2.45, 2.75) is 0 Å². The van der Waals surface area contributed by atoms with Crippen LogP contribution in [0.3, 0.4) is 0 Å². The maximum atomic E-state index is 12.5. The predicted molar refractivity (Wildman–Crippen MR) is 114 cm³/mol. The van der Waals surface area contributed by atoms with Gasteiger partial charge in [-0.05, 0) is 53.6 Å². The molecule has 2 aromatic rings. The van der Waals surface area contributed by atoms with Gasteiger partial charge >= 0.3 is 0 Å². The maximum Gasteiger partial charge on any atom is 0.276 e. The molecule has 2 aliphatic rings. The number of methoxy groups -OCH3 is 1. The lowest BCUT2D eigenvalue weighted by Crippen LogP contribution is -2.28. The average molecular weight is 406 g/mol. The topological polar surface area (TPSA) is 84.8 Å². The molecule has 8 nitrogen and oxygen atoms in total. The lowest BCUT2D eigenvalue weighted by atomic mass is 10.1. The van der Waals surface area contributed by atoms with Gasteiger partial charge in [-0.15, -0.1) is 0 Å². The van der Waals surface area contributed by atoms with E-state index < -0.39 is 0 Å². The van der Waals surface area contributed by atoms with E-state index in [0.717, 1.165) is 16.9 Å². The van der Waals surface area contributed by atoms with E-state index in [2.05, 4.69) is 15.3 Å². The second-order valence-electron chi connectivity index (χ2n) is 6.67. The first-order valence-electron chi connectivity index (χ1n) is 9.49. The summed E-state index contributed by atoms with van der Waals surface area (Å²) < 4.78 is 15.8. The summed E-state index contributed by atoms with van der Waals surface area (Å²) in [4.78, 5) is 22.8. The molecule has 4 rings (SSSR count). The van der Waals surface area contributed by atoms with Gasteiger partial charge in [-0.1, -0.05) is 6.07 Å². The Kier molecular flexibility index (Phi) is 5.65. The summed E-state index contributed by atoms with van der Waals surface area (Å²) in [6, 6.07) is 13.2. The zero-order chi connectivity index (χ0) is 20.9. The van der Waals surface area contributed by atoms with Crippen LogP contribution in [0, 0.1) is 0 Å². The van der Waals surface area contributed by atoms with Gasteiger partial charge in [-0.25, -0.2) is 0 Å². The Morgan fingerprint density at radius 2 is 1.87 bits per heavy atom. The third-order valence-corrected chi connectivity index (χ3v) is 4.65. The monoisotopic (exact) mass is 406 g/mol. The average Bonchev–Trinajstić information content (AvgIpc) is 3.34. The molecule has 0 atom stereocenters. The van der Waals surface area contributed by atoms with Gasteiger partial charge in [0.15, 0.2) is 11.5 Å². The van der Waals surface area contributed by atoms with Gasteiger partial charge in [0.25, 0.3) is 5.91 Å². The number of carbonyl (C=O) groups excluding carboxylic acids is 1. The van der Waals surface area contributed by atoms with Gasteiger partial charge in [-0.3, -0.25) is 19.7 Å². The van der Waals surface area contributed by atoms with E-state index in [1.807, 2.05) is 42.5 Å². The molecule has 2 heterocycles. The number of guanidine groups is 1. The molecule has 0 radical (unpaired) electrons. The Morgan fingerprint density at radius 3 is 2.67 bits per heavy atom. The fourth-order valence-electron chi connectivity index (χ4n) is 3.02. The lowest BCUT2D eigenvalue weighted by molar-refractivity contribution is -0.121. The number of nitrogens with one attached hydrogen (secondary N) is 1. The molecule has 0 spiro atoms. The number of aliphatic imine (C=N–C) groups is 2. The Morgan fingerprint density at radius 1 is 1.10 bits per heavy atom. The molecule has 0 aromatic heterocycles. The van der Waals surface area contributed by atoms with Crippen molar-refractivity contribution in [2.75, 3.05) is 34.0 Å². The molecule has 0 aliphatic carbocycles. The highest BCUT2D eigenvalue weighted by Gasteiger charge is 2.28. The number of rotatable bonds is 6. The van der Waals surface area contributed by atoms with Gasteiger partial charge in [0.2, 0.25) is 12.8 Å². The van der Waals surface area contributed by atoms with Crippen LogP contribution in [0.5, 0.6) is 17.2 Å². The van der Waals surface area contributed by atoms with Gasteiger partial charge in [0.1, 0.15) is 11.4 Å². The highest BCUT2D eigenvalue weighted by atomic mass is 16.7. The normalized spacial score (nSPS) is 17.9. The first-order valence-corrected chi connectivity index (χ1v) is 9.49. The van der Waals surface area contributed by atoms with Crippen LogP contribution in [0.15, 0.2) is 58.1 Å². The van der Waals surface area contributed by atoms with Crippen molar-refractivity contribution < 1.29 is 19.0 Å². The summed E-state index contributed by atoms with van der Waals surface area (Å²) >= 11 is 0. The summed E-state index contributed by atoms with van der Waals surface area (Å²) in [6.07, 6.45) is 3.56. The number of nitrogens with zero attached hydrogens (tertiary/aromatic N) is 3. The molecule has 1 saturated heterocycles. The number of amides is 1. The van der Waals surface area contributed by atoms with Gasteiger partial charge < -0.3 is 19.5 Å². The van der Waals surface area contributed by atoms with Crippen molar-refractivity contribution >= 4 is 24.2 Å². The van der Waals surface area contributed by atoms with Crippen LogP contribution >= 0.6 is 0 Å². The molecule has 0 unspecified atom stereocenters. The van der Waals surface area contributed by atoms with Crippen molar-refractivity contribution in [1.29, 1.82) is 0 Å². The van der Waals surface area contributed by atoms with Crippen molar-refractivity contribution in [2.24, 2.45) is 9.98 Å². The van der Waals surface area contributed by atoms with Crippen LogP contribution in [0.25, 0.3) is 6.08 Å². The van der Waals surface area contributed by atoms with Crippen LogP contribution in [-0.4, -0.2) is 57.0 Å². The molecule has 154 valence electrons. The first kappa shape index (κ1) is 19.5. The quantitative estimate of drug-likeness (QED) is 0.452. The molecule has 8 heteroatoms. The molecular formula is C22H22N4O4. The second-order valence-corrected chi connectivity index (χ2v) is 6.67. The van der Waals surface area contributed by atoms with Crippen LogP contribution in [0.4, 0.5) is 0 Å². The standard InChI is InChI=1S/C22H22N4O4/c1-26-21(27)18(11-16-5-8-19-20(12-16)30-14-29-19)25-22(26)24-10-9-23-13-15-3-6-17(28-2)7-4-15/h3-8,11-13H,9-10,14H2,1-2H3,(H,24,25)/b18-11-,23-13?. The summed E-state index contributed by atoms with van der Waals surface area (Å²) in [7, 11) is 3.33. The SMILES string of the molecule is COc1ccc(C=NCCN=C2N/C(=C\c3ccc4c(c3)OCO4)C(=O)N2C)cc1. The minimum atomic E-state index is -0.145. The largest absolute Gasteiger partial charge is 0.497 e. The summed E-state index contributed by atoms with van der Waals surface area (Å²) in [5.74, 6) is 2.55. The maximum absolute atomic E-state index is 12.5. The minimum absolute atomic E-state index is 0.145. The zero-order valence-corrected chi connectivity index (χ0v) is 16.8. The predicted octanol–water partition coefficient (Wildman–Crippen LogP) is 2.30. The number of fused-ring (bicyclic) bond motifs is 1. The molecule has 1 N–H and O–H groups in total. The summed E-state index contributed by atoms with van der Waals surface area (Å²) in [5, 5.41) is 3.08. The number of hydrogen-bond acceptors (Lipinski definition) is 6. The van der Waals surface area contributed by atoms with E-state index in [0.29, 0.717) is 36.2 Å². The molecule has 30 heavy (non-hydrogen) atoms. The highest BCUT2D eigenvalue weighted by molar-refractivity contribution is 6.15. The molecule has 0 bridgehead atoms. The summed E-state index contributed by atoms with van der Waals surface area (Å²) in [6.45, 7) is 1.19. The molecule has 1 fully saturated rings. The smallest absolute Gasteiger partial charge is 0.276 e. The lowest BCUT2D eigenvalue weighted by Gasteiger charge is -2.06. The number of carbonyl (C=O) groups is 1. The molecule has 1 amide bonds. The van der Waals surface area contributed by atoms with Gasteiger partial charge in [-0.2, -0.15) is 0 Å². The third-order valence-electron chi connectivity index (χ3n) is 4.65. The van der Waals surface area contributed by atoms with Crippen molar-refractivity contribution in [3.05, 3.63) is 59.3 Å². The van der Waals surface area contributed by atoms with E-state index >= 15 is 0 Å². The van der Waals surface area contributed by atoms with Gasteiger partial charge in [0.05, 0.1) is 20.2 Å². The second kappa shape index (κ2) is 8.69. The summed E-state index contributed by atoms with van der Waals surface area (Å²) in [5.41, 5.74) is 2.29. The van der Waals surface area contributed by atoms with E-state index in [9.17, 15) is 4.79 Å². The van der Waals surface area contributed by atoms with Crippen LogP contribution in [0.1, 0.15) is 11.1 Å². The van der Waals surface area contributed by atoms with Crippen molar-refractivity contribution in [3.8, 4) is 17.2 Å². The van der Waals surface area contributed by atoms with Crippen LogP contribution < -0.4 is 19.5 Å². The number of hydrogen-bond donors (Lipinski definition) is 1. The molecule has 0 saturated carbocycles. The van der Waals surface area contributed by atoms with E-state index in [1.165, 1.54) is 4.90 Å². The van der Waals surface area contributed by atoms with E-state index in [4.69, 9.17) is 14.2 Å². The van der Waals surface area contributed by atoms with E-state index in [-0.39, 0.29) is 12.7 Å². The Hall–Kier alpha value is -3.81. The third kappa shape index (κ3) is 4.27. The number of ether oxygens (including phenoxy) is 3. The van der Waals surface area contributed by atoms with Crippen LogP contribution in [-0.2, 0) is 4.79 Å². The molecule has 2 aliphatic heterocycles. The fourth-order valence-corrected chi connectivity index (χ4v) is 3.02. The van der Waals surface area contributed by atoms with Crippen LogP contribution in [0.2, 0.25) is 0 Å². The zero-order valence-electron chi connectivity index (χ0n) is 16.8. The van der Waals surface area contributed by atoms with E-state index in [1.54, 1.807) is 26.4 Å². The van der Waals surface area contributed by atoms with Crippen molar-refractivity contribution in [3.63, 3.8) is 0 Å². The Bertz CT molecular complexity index is 1030. The Labute approximate surface area is 174 Å². The molecular weight excluding hydrogens is 384 g/mol. The highest BCUT2D eigenvalue weighted by Crippen LogP contribution is 2.33. The van der Waals surface area contributed by atoms with Crippen molar-refractivity contribution in [1.82, 2.24) is 10.2 Å². The number of benzene rings is 2. The fraction of sp³-hybridized carbons (Fsp3) is 0.227. The molecule has 2 aromatic carbocycles. The Balaban J connectivity index is 1.36. The number of likely N-dealkylation sites (N-methyl/N-ethyl adjacent to an activating group) is 1. The van der Waals surface area contributed by atoms with Gasteiger partial charge in [0, 0.05) is 13.3 Å². The minimum Gasteiger partial charge on any atom is -0.497 e.